The molecule has 0 saturated carbocycles. The summed E-state index contributed by atoms with van der Waals surface area (Å²) >= 11 is 9.26. The Morgan fingerprint density at radius 2 is 1.90 bits per heavy atom. The molecule has 0 radical (unpaired) electrons. The number of rotatable bonds is 3. The first kappa shape index (κ1) is 15.2. The summed E-state index contributed by atoms with van der Waals surface area (Å²) in [4.78, 5) is 0.0114. The molecule has 0 atom stereocenters. The van der Waals surface area contributed by atoms with Gasteiger partial charge in [-0.25, -0.2) is 8.42 Å². The third kappa shape index (κ3) is 3.26. The third-order valence-corrected chi connectivity index (χ3v) is 4.88. The lowest BCUT2D eigenvalue weighted by molar-refractivity contribution is 0.601. The number of nitrogens with two attached hydrogens (primary N) is 1. The van der Waals surface area contributed by atoms with Gasteiger partial charge in [0.15, 0.2) is 0 Å². The second-order valence-electron chi connectivity index (χ2n) is 4.27. The second-order valence-corrected chi connectivity index (χ2v) is 7.24. The molecule has 0 spiro atoms. The molecule has 0 saturated heterocycles. The molecule has 106 valence electrons. The van der Waals surface area contributed by atoms with Crippen molar-refractivity contribution in [1.29, 1.82) is 0 Å². The highest BCUT2D eigenvalue weighted by Crippen LogP contribution is 2.28. The van der Waals surface area contributed by atoms with Crippen LogP contribution >= 0.6 is 27.5 Å². The van der Waals surface area contributed by atoms with Gasteiger partial charge in [-0.1, -0.05) is 33.6 Å². The first-order chi connectivity index (χ1) is 9.29. The van der Waals surface area contributed by atoms with E-state index in [1.54, 1.807) is 24.3 Å². The molecule has 0 aliphatic carbocycles. The minimum atomic E-state index is -3.78. The smallest absolute Gasteiger partial charge is 0.263 e. The van der Waals surface area contributed by atoms with Crippen LogP contribution in [0.4, 0.5) is 11.4 Å². The minimum Gasteiger partial charge on any atom is -0.398 e. The van der Waals surface area contributed by atoms with E-state index in [4.69, 9.17) is 17.3 Å². The fourth-order valence-corrected chi connectivity index (χ4v) is 3.58. The molecule has 7 heteroatoms. The van der Waals surface area contributed by atoms with Gasteiger partial charge in [0.05, 0.1) is 16.4 Å². The van der Waals surface area contributed by atoms with Crippen LogP contribution in [-0.4, -0.2) is 8.42 Å². The number of halogens is 2. The van der Waals surface area contributed by atoms with Crippen LogP contribution in [0, 0.1) is 6.92 Å². The van der Waals surface area contributed by atoms with Gasteiger partial charge in [-0.3, -0.25) is 4.72 Å². The maximum atomic E-state index is 12.3. The van der Waals surface area contributed by atoms with E-state index in [2.05, 4.69) is 20.7 Å². The van der Waals surface area contributed by atoms with Crippen molar-refractivity contribution in [2.45, 2.75) is 11.8 Å². The fourth-order valence-electron chi connectivity index (χ4n) is 1.67. The summed E-state index contributed by atoms with van der Waals surface area (Å²) in [5.41, 5.74) is 7.17. The maximum absolute atomic E-state index is 12.3. The molecule has 0 aromatic heterocycles. The van der Waals surface area contributed by atoms with Crippen molar-refractivity contribution in [3.63, 3.8) is 0 Å². The zero-order valence-corrected chi connectivity index (χ0v) is 13.7. The van der Waals surface area contributed by atoms with Crippen molar-refractivity contribution >= 4 is 48.9 Å². The van der Waals surface area contributed by atoms with Crippen LogP contribution in [0.3, 0.4) is 0 Å². The average molecular weight is 376 g/mol. The topological polar surface area (TPSA) is 72.2 Å². The number of hydrogen-bond acceptors (Lipinski definition) is 3. The third-order valence-electron chi connectivity index (χ3n) is 2.63. The summed E-state index contributed by atoms with van der Waals surface area (Å²) in [6, 6.07) is 9.65. The summed E-state index contributed by atoms with van der Waals surface area (Å²) in [5.74, 6) is 0. The zero-order valence-electron chi connectivity index (χ0n) is 10.5. The first-order valence-electron chi connectivity index (χ1n) is 5.63. The van der Waals surface area contributed by atoms with Gasteiger partial charge >= 0.3 is 0 Å². The molecule has 0 aliphatic rings. The van der Waals surface area contributed by atoms with Crippen LogP contribution in [0.2, 0.25) is 5.02 Å². The lowest BCUT2D eigenvalue weighted by Crippen LogP contribution is -2.15. The van der Waals surface area contributed by atoms with E-state index in [1.807, 2.05) is 6.92 Å². The maximum Gasteiger partial charge on any atom is 0.263 e. The van der Waals surface area contributed by atoms with Crippen LogP contribution in [0.25, 0.3) is 0 Å². The number of nitrogens with one attached hydrogen (secondary N) is 1. The van der Waals surface area contributed by atoms with Crippen LogP contribution in [-0.2, 0) is 10.0 Å². The molecule has 0 fully saturated rings. The molecular formula is C13H12BrClN2O2S. The van der Waals surface area contributed by atoms with Crippen LogP contribution < -0.4 is 10.5 Å². The van der Waals surface area contributed by atoms with Crippen LogP contribution in [0.1, 0.15) is 5.56 Å². The Balaban J connectivity index is 2.41. The van der Waals surface area contributed by atoms with Gasteiger partial charge in [-0.05, 0) is 42.8 Å². The molecule has 20 heavy (non-hydrogen) atoms. The molecule has 0 unspecified atom stereocenters. The molecule has 2 aromatic carbocycles. The molecule has 0 amide bonds. The van der Waals surface area contributed by atoms with E-state index in [0.717, 1.165) is 5.56 Å². The van der Waals surface area contributed by atoms with E-state index >= 15 is 0 Å². The quantitative estimate of drug-likeness (QED) is 0.802. The van der Waals surface area contributed by atoms with E-state index in [1.165, 1.54) is 12.1 Å². The molecule has 0 heterocycles. The van der Waals surface area contributed by atoms with Crippen molar-refractivity contribution in [3.05, 3.63) is 51.5 Å². The molecule has 2 aromatic rings. The van der Waals surface area contributed by atoms with Gasteiger partial charge in [0.25, 0.3) is 10.0 Å². The average Bonchev–Trinajstić information content (AvgIpc) is 2.32. The number of aryl methyl sites for hydroxylation is 1. The van der Waals surface area contributed by atoms with Crippen molar-refractivity contribution in [1.82, 2.24) is 0 Å². The van der Waals surface area contributed by atoms with E-state index in [0.29, 0.717) is 15.2 Å². The van der Waals surface area contributed by atoms with Gasteiger partial charge < -0.3 is 5.73 Å². The van der Waals surface area contributed by atoms with Gasteiger partial charge in [-0.15, -0.1) is 0 Å². The summed E-state index contributed by atoms with van der Waals surface area (Å²) in [5, 5.41) is 0.337. The Morgan fingerprint density at radius 3 is 2.50 bits per heavy atom. The second kappa shape index (κ2) is 5.63. The number of hydrogen-bond donors (Lipinski definition) is 2. The summed E-state index contributed by atoms with van der Waals surface area (Å²) < 4.78 is 27.8. The van der Waals surface area contributed by atoms with Gasteiger partial charge in [0, 0.05) is 4.47 Å². The highest BCUT2D eigenvalue weighted by molar-refractivity contribution is 9.10. The standard InChI is InChI=1S/C13H12BrClN2O2S/c1-8-2-4-12(10(15)6-8)17-20(18,19)13-5-3-9(14)7-11(13)16/h2-7,17H,16H2,1H3. The van der Waals surface area contributed by atoms with Crippen LogP contribution in [0.15, 0.2) is 45.8 Å². The molecule has 3 N–H and O–H groups in total. The minimum absolute atomic E-state index is 0.0114. The molecule has 2 rings (SSSR count). The van der Waals surface area contributed by atoms with Gasteiger partial charge in [0.1, 0.15) is 4.90 Å². The van der Waals surface area contributed by atoms with Crippen molar-refractivity contribution in [2.75, 3.05) is 10.5 Å². The molecule has 4 nitrogen and oxygen atoms in total. The van der Waals surface area contributed by atoms with Crippen molar-refractivity contribution < 1.29 is 8.42 Å². The summed E-state index contributed by atoms with van der Waals surface area (Å²) in [7, 11) is -3.78. The zero-order chi connectivity index (χ0) is 14.9. The summed E-state index contributed by atoms with van der Waals surface area (Å²) in [6.07, 6.45) is 0. The highest BCUT2D eigenvalue weighted by atomic mass is 79.9. The van der Waals surface area contributed by atoms with E-state index in [-0.39, 0.29) is 10.6 Å². The van der Waals surface area contributed by atoms with E-state index < -0.39 is 10.0 Å². The van der Waals surface area contributed by atoms with E-state index in [9.17, 15) is 8.42 Å². The monoisotopic (exact) mass is 374 g/mol. The first-order valence-corrected chi connectivity index (χ1v) is 8.29. The number of benzene rings is 2. The number of nitrogen functional groups attached to an aromatic ring is 1. The lowest BCUT2D eigenvalue weighted by atomic mass is 10.2. The predicted molar refractivity (Wildman–Crippen MR) is 85.6 cm³/mol. The highest BCUT2D eigenvalue weighted by Gasteiger charge is 2.18. The lowest BCUT2D eigenvalue weighted by Gasteiger charge is -2.12. The Kier molecular flexibility index (Phi) is 4.27. The van der Waals surface area contributed by atoms with Crippen LogP contribution in [0.5, 0.6) is 0 Å². The van der Waals surface area contributed by atoms with Crippen molar-refractivity contribution in [2.24, 2.45) is 0 Å². The SMILES string of the molecule is Cc1ccc(NS(=O)(=O)c2ccc(Br)cc2N)c(Cl)c1. The normalized spacial score (nSPS) is 11.3. The number of sulfonamides is 1. The molecule has 0 aliphatic heterocycles. The Bertz CT molecular complexity index is 763. The Hall–Kier alpha value is -1.24. The largest absolute Gasteiger partial charge is 0.398 e. The predicted octanol–water partition coefficient (Wildman–Crippen LogP) is 3.79. The van der Waals surface area contributed by atoms with Gasteiger partial charge in [0.2, 0.25) is 0 Å². The molecular weight excluding hydrogens is 364 g/mol. The molecule has 0 bridgehead atoms. The Morgan fingerprint density at radius 1 is 1.20 bits per heavy atom. The van der Waals surface area contributed by atoms with Gasteiger partial charge in [-0.2, -0.15) is 0 Å². The number of anilines is 2. The summed E-state index contributed by atoms with van der Waals surface area (Å²) in [6.45, 7) is 1.87. The van der Waals surface area contributed by atoms with Crippen molar-refractivity contribution in [3.8, 4) is 0 Å². The Labute approximate surface area is 131 Å². The fraction of sp³-hybridized carbons (Fsp3) is 0.0769.